The predicted octanol–water partition coefficient (Wildman–Crippen LogP) is 2.03. The molecule has 0 aliphatic carbocycles. The molecule has 2 N–H and O–H groups in total. The normalized spacial score (nSPS) is 12.2. The minimum Gasteiger partial charge on any atom is -0.463 e. The highest BCUT2D eigenvalue weighted by atomic mass is 19.4. The van der Waals surface area contributed by atoms with Crippen LogP contribution in [0.25, 0.3) is 0 Å². The number of ether oxygens (including phenoxy) is 1. The summed E-state index contributed by atoms with van der Waals surface area (Å²) < 4.78 is 40.9. The van der Waals surface area contributed by atoms with E-state index in [0.717, 1.165) is 0 Å². The van der Waals surface area contributed by atoms with Crippen molar-refractivity contribution in [3.05, 3.63) is 0 Å². The average molecular weight is 396 g/mol. The Morgan fingerprint density at radius 2 is 1.67 bits per heavy atom. The Hall–Kier alpha value is -2.13. The van der Waals surface area contributed by atoms with Crippen LogP contribution < -0.4 is 10.6 Å². The van der Waals surface area contributed by atoms with Gasteiger partial charge in [-0.25, -0.2) is 0 Å². The molecule has 0 spiro atoms. The van der Waals surface area contributed by atoms with Crippen molar-refractivity contribution in [1.82, 2.24) is 10.6 Å². The molecule has 1 atom stereocenters. The quantitative estimate of drug-likeness (QED) is 0.366. The molecule has 0 saturated heterocycles. The molecule has 0 bridgehead atoms. The van der Waals surface area contributed by atoms with E-state index in [0.29, 0.717) is 25.7 Å². The first-order valence-electron chi connectivity index (χ1n) is 8.85. The lowest BCUT2D eigenvalue weighted by molar-refractivity contribution is -0.173. The van der Waals surface area contributed by atoms with Crippen molar-refractivity contribution in [3.8, 4) is 0 Å². The van der Waals surface area contributed by atoms with Gasteiger partial charge < -0.3 is 20.2 Å². The molecular formula is C17H27F3N2O5. The second-order valence-corrected chi connectivity index (χ2v) is 6.12. The molecule has 0 aromatic carbocycles. The van der Waals surface area contributed by atoms with E-state index >= 15 is 0 Å². The lowest BCUT2D eigenvalue weighted by Crippen LogP contribution is -2.38. The molecule has 0 aromatic heterocycles. The Labute approximate surface area is 156 Å². The van der Waals surface area contributed by atoms with Gasteiger partial charge in [-0.1, -0.05) is 13.3 Å². The highest BCUT2D eigenvalue weighted by Gasteiger charge is 2.38. The molecule has 0 saturated carbocycles. The molecule has 0 rings (SSSR count). The van der Waals surface area contributed by atoms with E-state index in [4.69, 9.17) is 4.74 Å². The zero-order chi connectivity index (χ0) is 20.9. The number of rotatable bonds is 13. The molecule has 0 fully saturated rings. The Kier molecular flexibility index (Phi) is 12.1. The summed E-state index contributed by atoms with van der Waals surface area (Å²) in [4.78, 5) is 44.7. The van der Waals surface area contributed by atoms with Crippen molar-refractivity contribution >= 4 is 23.6 Å². The molecule has 2 amide bonds. The van der Waals surface area contributed by atoms with E-state index < -0.39 is 18.1 Å². The monoisotopic (exact) mass is 396 g/mol. The Morgan fingerprint density at radius 3 is 2.22 bits per heavy atom. The van der Waals surface area contributed by atoms with Gasteiger partial charge in [-0.05, 0) is 26.2 Å². The van der Waals surface area contributed by atoms with Crippen LogP contribution in [-0.2, 0) is 23.9 Å². The third-order valence-corrected chi connectivity index (χ3v) is 3.61. The largest absolute Gasteiger partial charge is 0.471 e. The van der Waals surface area contributed by atoms with Crippen LogP contribution in [0.2, 0.25) is 0 Å². The van der Waals surface area contributed by atoms with Crippen molar-refractivity contribution in [2.45, 2.75) is 71.0 Å². The predicted molar refractivity (Wildman–Crippen MR) is 90.6 cm³/mol. The van der Waals surface area contributed by atoms with Crippen LogP contribution in [0, 0.1) is 0 Å². The van der Waals surface area contributed by atoms with Crippen LogP contribution in [-0.4, -0.2) is 48.9 Å². The van der Waals surface area contributed by atoms with E-state index in [1.165, 1.54) is 6.92 Å². The van der Waals surface area contributed by atoms with Gasteiger partial charge in [0, 0.05) is 19.4 Å². The summed E-state index contributed by atoms with van der Waals surface area (Å²) in [5.41, 5.74) is 0. The number of carbonyl (C=O) groups excluding carboxylic acids is 4. The first kappa shape index (κ1) is 24.9. The smallest absolute Gasteiger partial charge is 0.463 e. The van der Waals surface area contributed by atoms with Gasteiger partial charge in [0.1, 0.15) is 12.4 Å². The molecule has 27 heavy (non-hydrogen) atoms. The number of Topliss-reactive ketones (excluding diaryl/α,β-unsaturated/α-hetero) is 1. The third kappa shape index (κ3) is 13.7. The SMILES string of the molecule is CCC(COC(=O)CCC(C)=O)NC(=O)CCCCCNC(=O)C(F)(F)F. The summed E-state index contributed by atoms with van der Waals surface area (Å²) in [5, 5.41) is 4.48. The number of carbonyl (C=O) groups is 4. The van der Waals surface area contributed by atoms with Crippen molar-refractivity contribution in [2.24, 2.45) is 0 Å². The fourth-order valence-corrected chi connectivity index (χ4v) is 1.99. The van der Waals surface area contributed by atoms with E-state index in [1.54, 1.807) is 5.32 Å². The Morgan fingerprint density at radius 1 is 1.00 bits per heavy atom. The van der Waals surface area contributed by atoms with Crippen molar-refractivity contribution in [2.75, 3.05) is 13.2 Å². The van der Waals surface area contributed by atoms with E-state index in [-0.39, 0.29) is 50.1 Å². The van der Waals surface area contributed by atoms with E-state index in [2.05, 4.69) is 5.32 Å². The minimum atomic E-state index is -4.88. The topological polar surface area (TPSA) is 102 Å². The second-order valence-electron chi connectivity index (χ2n) is 6.12. The lowest BCUT2D eigenvalue weighted by Gasteiger charge is -2.17. The third-order valence-electron chi connectivity index (χ3n) is 3.61. The molecular weight excluding hydrogens is 369 g/mol. The number of nitrogens with one attached hydrogen (secondary N) is 2. The molecule has 0 aliphatic heterocycles. The fourth-order valence-electron chi connectivity index (χ4n) is 1.99. The number of alkyl halides is 3. The van der Waals surface area contributed by atoms with Gasteiger partial charge >= 0.3 is 18.1 Å². The first-order chi connectivity index (χ1) is 12.6. The van der Waals surface area contributed by atoms with Gasteiger partial charge in [0.15, 0.2) is 0 Å². The maximum atomic E-state index is 12.0. The van der Waals surface area contributed by atoms with Crippen molar-refractivity contribution in [1.29, 1.82) is 0 Å². The first-order valence-corrected chi connectivity index (χ1v) is 8.85. The second kappa shape index (κ2) is 13.1. The summed E-state index contributed by atoms with van der Waals surface area (Å²) >= 11 is 0. The average Bonchev–Trinajstić information content (AvgIpc) is 2.58. The van der Waals surface area contributed by atoms with Gasteiger partial charge in [0.05, 0.1) is 12.5 Å². The molecule has 0 aromatic rings. The number of amides is 2. The van der Waals surface area contributed by atoms with Gasteiger partial charge in [0.2, 0.25) is 5.91 Å². The minimum absolute atomic E-state index is 0.00455. The van der Waals surface area contributed by atoms with Crippen molar-refractivity contribution in [3.63, 3.8) is 0 Å². The summed E-state index contributed by atoms with van der Waals surface area (Å²) in [6.45, 7) is 3.11. The summed E-state index contributed by atoms with van der Waals surface area (Å²) in [6.07, 6.45) is -2.75. The van der Waals surface area contributed by atoms with Gasteiger partial charge in [-0.2, -0.15) is 13.2 Å². The van der Waals surface area contributed by atoms with Crippen LogP contribution in [0.1, 0.15) is 58.8 Å². The van der Waals surface area contributed by atoms with Crippen molar-refractivity contribution < 1.29 is 37.1 Å². The molecule has 0 heterocycles. The summed E-state index contributed by atoms with van der Waals surface area (Å²) in [7, 11) is 0. The number of halogens is 3. The van der Waals surface area contributed by atoms with Crippen LogP contribution in [0.15, 0.2) is 0 Å². The molecule has 156 valence electrons. The number of esters is 1. The fraction of sp³-hybridized carbons (Fsp3) is 0.765. The number of ketones is 1. The molecule has 7 nitrogen and oxygen atoms in total. The van der Waals surface area contributed by atoms with Crippen LogP contribution in [0.3, 0.4) is 0 Å². The zero-order valence-corrected chi connectivity index (χ0v) is 15.6. The highest BCUT2D eigenvalue weighted by molar-refractivity contribution is 5.81. The van der Waals surface area contributed by atoms with Crippen LogP contribution in [0.5, 0.6) is 0 Å². The number of hydrogen-bond donors (Lipinski definition) is 2. The summed E-state index contributed by atoms with van der Waals surface area (Å²) in [5.74, 6) is -2.83. The van der Waals surface area contributed by atoms with E-state index in [9.17, 15) is 32.3 Å². The van der Waals surface area contributed by atoms with Crippen LogP contribution >= 0.6 is 0 Å². The standard InChI is InChI=1S/C17H27F3N2O5/c1-3-13(11-27-15(25)9-8-12(2)23)22-14(24)7-5-4-6-10-21-16(26)17(18,19)20/h13H,3-11H2,1-2H3,(H,21,26)(H,22,24). The molecule has 1 unspecified atom stereocenters. The molecule has 0 aliphatic rings. The van der Waals surface area contributed by atoms with Crippen LogP contribution in [0.4, 0.5) is 13.2 Å². The number of unbranched alkanes of at least 4 members (excludes halogenated alkanes) is 2. The van der Waals surface area contributed by atoms with E-state index in [1.807, 2.05) is 6.92 Å². The Balaban J connectivity index is 3.87. The Bertz CT molecular complexity index is 509. The van der Waals surface area contributed by atoms with Gasteiger partial charge in [-0.15, -0.1) is 0 Å². The highest BCUT2D eigenvalue weighted by Crippen LogP contribution is 2.14. The molecule has 0 radical (unpaired) electrons. The maximum Gasteiger partial charge on any atom is 0.471 e. The number of hydrogen-bond acceptors (Lipinski definition) is 5. The lowest BCUT2D eigenvalue weighted by atomic mass is 10.1. The van der Waals surface area contributed by atoms with Gasteiger partial charge in [-0.3, -0.25) is 14.4 Å². The maximum absolute atomic E-state index is 12.0. The zero-order valence-electron chi connectivity index (χ0n) is 15.6. The molecule has 10 heteroatoms. The van der Waals surface area contributed by atoms with Gasteiger partial charge in [0.25, 0.3) is 0 Å². The summed E-state index contributed by atoms with van der Waals surface area (Å²) in [6, 6.07) is -0.343.